The highest BCUT2D eigenvalue weighted by atomic mass is 16.6. The first-order chi connectivity index (χ1) is 17.4. The molecule has 3 aliphatic heterocycles. The average Bonchev–Trinajstić information content (AvgIpc) is 3.37. The molecule has 3 aliphatic rings. The predicted molar refractivity (Wildman–Crippen MR) is 132 cm³/mol. The Hall–Kier alpha value is -4.59. The molecular weight excluding hydrogens is 458 g/mol. The Morgan fingerprint density at radius 2 is 1.61 bits per heavy atom. The van der Waals surface area contributed by atoms with E-state index in [0.29, 0.717) is 11.1 Å². The molecule has 0 aromatic heterocycles. The van der Waals surface area contributed by atoms with Crippen LogP contribution in [-0.4, -0.2) is 33.5 Å². The first-order valence-corrected chi connectivity index (χ1v) is 11.6. The number of hydrogen-bond acceptors (Lipinski definition) is 6. The molecule has 2 fully saturated rings. The molecular formula is C28H21N3O5. The zero-order valence-electron chi connectivity index (χ0n) is 19.3. The zero-order chi connectivity index (χ0) is 25.1. The van der Waals surface area contributed by atoms with Gasteiger partial charge in [0.05, 0.1) is 28.5 Å². The molecule has 2 saturated heterocycles. The summed E-state index contributed by atoms with van der Waals surface area (Å²) in [6, 6.07) is 19.1. The second-order valence-electron chi connectivity index (χ2n) is 9.30. The number of non-ortho nitro benzene ring substituents is 1. The number of nitrogens with zero attached hydrogens (tertiary/aromatic N) is 3. The molecule has 4 atom stereocenters. The van der Waals surface area contributed by atoms with Crippen molar-refractivity contribution < 1.29 is 19.3 Å². The third kappa shape index (κ3) is 3.04. The molecule has 0 N–H and O–H groups in total. The number of ketones is 1. The molecule has 8 nitrogen and oxygen atoms in total. The third-order valence-corrected chi connectivity index (χ3v) is 7.43. The topological polar surface area (TPSA) is 101 Å². The van der Waals surface area contributed by atoms with Crippen molar-refractivity contribution in [2.45, 2.75) is 19.0 Å². The van der Waals surface area contributed by atoms with E-state index < -0.39 is 40.7 Å². The number of aryl methyl sites for hydroxylation is 1. The molecule has 0 saturated carbocycles. The Kier molecular flexibility index (Phi) is 4.86. The number of carbonyl (C=O) groups excluding carboxylic acids is 3. The number of amides is 2. The summed E-state index contributed by atoms with van der Waals surface area (Å²) >= 11 is 0. The van der Waals surface area contributed by atoms with Crippen LogP contribution in [0.4, 0.5) is 11.4 Å². The zero-order valence-corrected chi connectivity index (χ0v) is 19.3. The highest BCUT2D eigenvalue weighted by Crippen LogP contribution is 2.54. The van der Waals surface area contributed by atoms with Gasteiger partial charge in [0.2, 0.25) is 11.8 Å². The van der Waals surface area contributed by atoms with E-state index in [4.69, 9.17) is 0 Å². The van der Waals surface area contributed by atoms with Crippen molar-refractivity contribution in [2.75, 3.05) is 4.90 Å². The Balaban J connectivity index is 1.51. The van der Waals surface area contributed by atoms with Crippen molar-refractivity contribution in [3.05, 3.63) is 111 Å². The van der Waals surface area contributed by atoms with E-state index in [9.17, 15) is 24.5 Å². The van der Waals surface area contributed by atoms with Gasteiger partial charge < -0.3 is 4.90 Å². The van der Waals surface area contributed by atoms with Gasteiger partial charge in [-0.3, -0.25) is 24.5 Å². The van der Waals surface area contributed by atoms with Crippen LogP contribution >= 0.6 is 0 Å². The fourth-order valence-corrected chi connectivity index (χ4v) is 5.82. The van der Waals surface area contributed by atoms with E-state index >= 15 is 0 Å². The van der Waals surface area contributed by atoms with Gasteiger partial charge in [0.1, 0.15) is 6.04 Å². The number of nitro groups is 1. The summed E-state index contributed by atoms with van der Waals surface area (Å²) in [5.74, 6) is -2.93. The van der Waals surface area contributed by atoms with Gasteiger partial charge in [-0.05, 0) is 29.7 Å². The van der Waals surface area contributed by atoms with Gasteiger partial charge >= 0.3 is 0 Å². The van der Waals surface area contributed by atoms with E-state index in [1.165, 1.54) is 18.2 Å². The molecule has 0 spiro atoms. The normalized spacial score (nSPS) is 23.9. The van der Waals surface area contributed by atoms with Crippen molar-refractivity contribution in [2.24, 2.45) is 11.8 Å². The predicted octanol–water partition coefficient (Wildman–Crippen LogP) is 4.30. The smallest absolute Gasteiger partial charge is 0.271 e. The average molecular weight is 479 g/mol. The van der Waals surface area contributed by atoms with Gasteiger partial charge in [-0.15, -0.1) is 0 Å². The lowest BCUT2D eigenvalue weighted by atomic mass is 9.83. The molecule has 178 valence electrons. The van der Waals surface area contributed by atoms with Gasteiger partial charge in [-0.2, -0.15) is 0 Å². The number of nitro benzene ring substituents is 1. The van der Waals surface area contributed by atoms with Crippen LogP contribution in [0.5, 0.6) is 0 Å². The minimum atomic E-state index is -0.926. The van der Waals surface area contributed by atoms with Gasteiger partial charge in [0.15, 0.2) is 5.78 Å². The monoisotopic (exact) mass is 479 g/mol. The molecule has 8 heteroatoms. The number of Topliss-reactive ketones (excluding diaryl/α,β-unsaturated/α-hetero) is 1. The second kappa shape index (κ2) is 7.98. The van der Waals surface area contributed by atoms with Gasteiger partial charge in [0, 0.05) is 23.9 Å². The Morgan fingerprint density at radius 3 is 2.36 bits per heavy atom. The lowest BCUT2D eigenvalue weighted by molar-refractivity contribution is -0.384. The van der Waals surface area contributed by atoms with Crippen molar-refractivity contribution in [1.29, 1.82) is 0 Å². The molecule has 3 aromatic rings. The number of benzene rings is 3. The first-order valence-electron chi connectivity index (χ1n) is 11.6. The molecule has 0 radical (unpaired) electrons. The van der Waals surface area contributed by atoms with E-state index in [0.717, 1.165) is 16.0 Å². The van der Waals surface area contributed by atoms with Crippen LogP contribution < -0.4 is 4.90 Å². The fraction of sp³-hybridized carbons (Fsp3) is 0.179. The van der Waals surface area contributed by atoms with Crippen LogP contribution in [0.25, 0.3) is 6.08 Å². The highest BCUT2D eigenvalue weighted by Gasteiger charge is 2.64. The van der Waals surface area contributed by atoms with Crippen LogP contribution in [0.15, 0.2) is 79.0 Å². The number of fused-ring (bicyclic) bond motifs is 5. The molecule has 3 aromatic carbocycles. The summed E-state index contributed by atoms with van der Waals surface area (Å²) in [5, 5.41) is 11.4. The molecule has 3 heterocycles. The van der Waals surface area contributed by atoms with E-state index in [-0.39, 0.29) is 17.2 Å². The van der Waals surface area contributed by atoms with Crippen LogP contribution in [0.2, 0.25) is 0 Å². The molecule has 6 rings (SSSR count). The van der Waals surface area contributed by atoms with Crippen molar-refractivity contribution in [1.82, 2.24) is 4.90 Å². The number of anilines is 1. The standard InChI is InChI=1S/C28H21N3O5/c1-16-11-12-19(31(35)36)15-21(16)30-27(33)22-23(28(30)34)25(26(32)18-8-3-2-4-9-18)29-14-13-17-7-5-6-10-20(17)24(22)29/h2-15,22-25H,1H3/t22-,23+,24+,25-/m1/s1. The molecule has 0 aliphatic carbocycles. The molecule has 0 bridgehead atoms. The van der Waals surface area contributed by atoms with Crippen LogP contribution in [0.1, 0.15) is 33.1 Å². The lowest BCUT2D eigenvalue weighted by Gasteiger charge is -2.35. The molecule has 0 unspecified atom stereocenters. The van der Waals surface area contributed by atoms with Crippen LogP contribution in [0, 0.1) is 28.9 Å². The van der Waals surface area contributed by atoms with E-state index in [1.807, 2.05) is 41.3 Å². The van der Waals surface area contributed by atoms with Crippen molar-refractivity contribution >= 4 is 35.0 Å². The highest BCUT2D eigenvalue weighted by molar-refractivity contribution is 6.25. The number of hydrogen-bond donors (Lipinski definition) is 0. The third-order valence-electron chi connectivity index (χ3n) is 7.43. The number of imide groups is 1. The minimum absolute atomic E-state index is 0.186. The van der Waals surface area contributed by atoms with E-state index in [1.54, 1.807) is 37.4 Å². The quantitative estimate of drug-likeness (QED) is 0.239. The van der Waals surface area contributed by atoms with Crippen molar-refractivity contribution in [3.63, 3.8) is 0 Å². The first kappa shape index (κ1) is 21.9. The minimum Gasteiger partial charge on any atom is -0.358 e. The molecule has 36 heavy (non-hydrogen) atoms. The maximum Gasteiger partial charge on any atom is 0.271 e. The summed E-state index contributed by atoms with van der Waals surface area (Å²) in [7, 11) is 0. The van der Waals surface area contributed by atoms with Gasteiger partial charge in [-0.25, -0.2) is 4.90 Å². The van der Waals surface area contributed by atoms with Crippen LogP contribution in [-0.2, 0) is 9.59 Å². The fourth-order valence-electron chi connectivity index (χ4n) is 5.82. The second-order valence-corrected chi connectivity index (χ2v) is 9.30. The summed E-state index contributed by atoms with van der Waals surface area (Å²) in [4.78, 5) is 55.5. The Bertz CT molecular complexity index is 1480. The van der Waals surface area contributed by atoms with E-state index in [2.05, 4.69) is 0 Å². The Morgan fingerprint density at radius 1 is 0.917 bits per heavy atom. The number of carbonyl (C=O) groups is 3. The lowest BCUT2D eigenvalue weighted by Crippen LogP contribution is -2.44. The maximum atomic E-state index is 14.0. The maximum absolute atomic E-state index is 14.0. The van der Waals surface area contributed by atoms with Gasteiger partial charge in [-0.1, -0.05) is 60.7 Å². The van der Waals surface area contributed by atoms with Crippen LogP contribution in [0.3, 0.4) is 0 Å². The van der Waals surface area contributed by atoms with Gasteiger partial charge in [0.25, 0.3) is 5.69 Å². The summed E-state index contributed by atoms with van der Waals surface area (Å²) in [6.07, 6.45) is 3.70. The summed E-state index contributed by atoms with van der Waals surface area (Å²) in [6.45, 7) is 1.70. The Labute approximate surface area is 206 Å². The summed E-state index contributed by atoms with van der Waals surface area (Å²) in [5.41, 5.74) is 2.80. The molecule has 2 amide bonds. The number of rotatable bonds is 4. The SMILES string of the molecule is Cc1ccc([N+](=O)[O-])cc1N1C(=O)[C@@H]2[C@H](C1=O)[C@H](C(=O)c1ccccc1)N1C=Cc3ccccc3[C@@H]21. The van der Waals surface area contributed by atoms with Crippen molar-refractivity contribution in [3.8, 4) is 0 Å². The largest absolute Gasteiger partial charge is 0.358 e. The summed E-state index contributed by atoms with van der Waals surface area (Å²) < 4.78 is 0.